The SMILES string of the molecule is CCCNC(=O)CN1CCC(NC(=O)c2ccc(SC(F)F)cc2)CC1. The molecule has 0 aliphatic carbocycles. The summed E-state index contributed by atoms with van der Waals surface area (Å²) in [5.41, 5.74) is 0.463. The minimum absolute atomic E-state index is 0.0380. The van der Waals surface area contributed by atoms with Gasteiger partial charge in [0.05, 0.1) is 6.54 Å². The maximum Gasteiger partial charge on any atom is 0.288 e. The molecular formula is C18H25F2N3O2S. The van der Waals surface area contributed by atoms with Crippen LogP contribution in [0.15, 0.2) is 29.2 Å². The van der Waals surface area contributed by atoms with Crippen molar-refractivity contribution in [2.75, 3.05) is 26.2 Å². The molecule has 144 valence electrons. The van der Waals surface area contributed by atoms with E-state index in [1.807, 2.05) is 6.92 Å². The lowest BCUT2D eigenvalue weighted by Gasteiger charge is -2.31. The zero-order valence-corrected chi connectivity index (χ0v) is 15.7. The number of rotatable bonds is 8. The molecule has 1 fully saturated rings. The smallest absolute Gasteiger partial charge is 0.288 e. The van der Waals surface area contributed by atoms with E-state index in [0.29, 0.717) is 35.3 Å². The number of benzene rings is 1. The van der Waals surface area contributed by atoms with Gasteiger partial charge in [-0.1, -0.05) is 18.7 Å². The monoisotopic (exact) mass is 385 g/mol. The van der Waals surface area contributed by atoms with Crippen molar-refractivity contribution in [3.8, 4) is 0 Å². The zero-order chi connectivity index (χ0) is 18.9. The highest BCUT2D eigenvalue weighted by Crippen LogP contribution is 2.25. The van der Waals surface area contributed by atoms with Crippen LogP contribution in [0.3, 0.4) is 0 Å². The number of alkyl halides is 2. The molecule has 1 heterocycles. The lowest BCUT2D eigenvalue weighted by atomic mass is 10.0. The van der Waals surface area contributed by atoms with Crippen molar-refractivity contribution in [2.45, 2.75) is 42.9 Å². The third kappa shape index (κ3) is 6.92. The fraction of sp³-hybridized carbons (Fsp3) is 0.556. The Balaban J connectivity index is 1.74. The Morgan fingerprint density at radius 3 is 2.46 bits per heavy atom. The van der Waals surface area contributed by atoms with E-state index < -0.39 is 5.76 Å². The van der Waals surface area contributed by atoms with E-state index in [-0.39, 0.29) is 17.9 Å². The normalized spacial score (nSPS) is 15.8. The number of nitrogens with zero attached hydrogens (tertiary/aromatic N) is 1. The van der Waals surface area contributed by atoms with E-state index in [1.54, 1.807) is 12.1 Å². The molecule has 26 heavy (non-hydrogen) atoms. The van der Waals surface area contributed by atoms with Gasteiger partial charge in [0.25, 0.3) is 11.7 Å². The van der Waals surface area contributed by atoms with Gasteiger partial charge in [0.15, 0.2) is 0 Å². The number of amides is 2. The Kier molecular flexibility index (Phi) is 8.31. The Morgan fingerprint density at radius 1 is 1.23 bits per heavy atom. The third-order valence-electron chi connectivity index (χ3n) is 4.20. The molecule has 0 saturated carbocycles. The first-order chi connectivity index (χ1) is 12.5. The number of piperidine rings is 1. The number of nitrogens with one attached hydrogen (secondary N) is 2. The van der Waals surface area contributed by atoms with Crippen molar-refractivity contribution >= 4 is 23.6 Å². The third-order valence-corrected chi connectivity index (χ3v) is 4.93. The molecule has 5 nitrogen and oxygen atoms in total. The van der Waals surface area contributed by atoms with Gasteiger partial charge in [-0.3, -0.25) is 14.5 Å². The van der Waals surface area contributed by atoms with Gasteiger partial charge in [-0.15, -0.1) is 0 Å². The van der Waals surface area contributed by atoms with Crippen LogP contribution in [0.25, 0.3) is 0 Å². The summed E-state index contributed by atoms with van der Waals surface area (Å²) in [6, 6.07) is 6.25. The topological polar surface area (TPSA) is 61.4 Å². The molecule has 0 aromatic heterocycles. The molecular weight excluding hydrogens is 360 g/mol. The molecule has 2 N–H and O–H groups in total. The Hall–Kier alpha value is -1.67. The Labute approximate surface area is 156 Å². The van der Waals surface area contributed by atoms with Crippen LogP contribution >= 0.6 is 11.8 Å². The summed E-state index contributed by atoms with van der Waals surface area (Å²) in [6.07, 6.45) is 2.49. The maximum absolute atomic E-state index is 12.3. The van der Waals surface area contributed by atoms with Crippen LogP contribution < -0.4 is 10.6 Å². The summed E-state index contributed by atoms with van der Waals surface area (Å²) in [4.78, 5) is 26.5. The number of thioether (sulfide) groups is 1. The van der Waals surface area contributed by atoms with E-state index in [4.69, 9.17) is 0 Å². The zero-order valence-electron chi connectivity index (χ0n) is 14.8. The minimum atomic E-state index is -2.47. The second-order valence-electron chi connectivity index (χ2n) is 6.28. The first kappa shape index (κ1) is 20.6. The second-order valence-corrected chi connectivity index (χ2v) is 7.34. The summed E-state index contributed by atoms with van der Waals surface area (Å²) in [6.45, 7) is 4.62. The summed E-state index contributed by atoms with van der Waals surface area (Å²) in [7, 11) is 0. The highest BCUT2D eigenvalue weighted by molar-refractivity contribution is 7.99. The van der Waals surface area contributed by atoms with E-state index in [0.717, 1.165) is 32.4 Å². The predicted molar refractivity (Wildman–Crippen MR) is 98.5 cm³/mol. The average Bonchev–Trinajstić information content (AvgIpc) is 2.61. The molecule has 0 unspecified atom stereocenters. The molecule has 1 aliphatic heterocycles. The van der Waals surface area contributed by atoms with Crippen LogP contribution in [0, 0.1) is 0 Å². The molecule has 1 aromatic rings. The average molecular weight is 385 g/mol. The van der Waals surface area contributed by atoms with Crippen molar-refractivity contribution in [2.24, 2.45) is 0 Å². The molecule has 2 rings (SSSR count). The standard InChI is InChI=1S/C18H25F2N3O2S/c1-2-9-21-16(24)12-23-10-7-14(8-11-23)22-17(25)13-3-5-15(6-4-13)26-18(19)20/h3-6,14,18H,2,7-12H2,1H3,(H,21,24)(H,22,25). The predicted octanol–water partition coefficient (Wildman–Crippen LogP) is 2.72. The van der Waals surface area contributed by atoms with Gasteiger partial charge in [0.1, 0.15) is 0 Å². The second kappa shape index (κ2) is 10.5. The van der Waals surface area contributed by atoms with E-state index in [9.17, 15) is 18.4 Å². The van der Waals surface area contributed by atoms with E-state index in [1.165, 1.54) is 12.1 Å². The quantitative estimate of drug-likeness (QED) is 0.676. The molecule has 0 spiro atoms. The van der Waals surface area contributed by atoms with Crippen LogP contribution in [-0.4, -0.2) is 54.7 Å². The maximum atomic E-state index is 12.3. The van der Waals surface area contributed by atoms with Crippen LogP contribution in [0.1, 0.15) is 36.5 Å². The van der Waals surface area contributed by atoms with Gasteiger partial charge >= 0.3 is 0 Å². The van der Waals surface area contributed by atoms with Crippen molar-refractivity contribution in [1.82, 2.24) is 15.5 Å². The summed E-state index contributed by atoms with van der Waals surface area (Å²) in [5.74, 6) is -2.63. The molecule has 1 aromatic carbocycles. The Bertz CT molecular complexity index is 591. The number of likely N-dealkylation sites (tertiary alicyclic amines) is 1. The van der Waals surface area contributed by atoms with Gasteiger partial charge in [-0.05, 0) is 43.5 Å². The first-order valence-electron chi connectivity index (χ1n) is 8.82. The number of carbonyl (C=O) groups is 2. The van der Waals surface area contributed by atoms with Gasteiger partial charge in [-0.2, -0.15) is 8.78 Å². The molecule has 1 saturated heterocycles. The van der Waals surface area contributed by atoms with Gasteiger partial charge in [0, 0.05) is 36.1 Å². The molecule has 0 radical (unpaired) electrons. The fourth-order valence-corrected chi connectivity index (χ4v) is 3.31. The van der Waals surface area contributed by atoms with Crippen molar-refractivity contribution in [3.05, 3.63) is 29.8 Å². The number of hydrogen-bond donors (Lipinski definition) is 2. The fourth-order valence-electron chi connectivity index (χ4n) is 2.82. The largest absolute Gasteiger partial charge is 0.355 e. The molecule has 1 aliphatic rings. The number of hydrogen-bond acceptors (Lipinski definition) is 4. The molecule has 0 bridgehead atoms. The van der Waals surface area contributed by atoms with Gasteiger partial charge in [0.2, 0.25) is 5.91 Å². The van der Waals surface area contributed by atoms with Crippen LogP contribution in [-0.2, 0) is 4.79 Å². The van der Waals surface area contributed by atoms with Gasteiger partial charge in [-0.25, -0.2) is 0 Å². The van der Waals surface area contributed by atoms with Crippen molar-refractivity contribution in [1.29, 1.82) is 0 Å². The minimum Gasteiger partial charge on any atom is -0.355 e. The first-order valence-corrected chi connectivity index (χ1v) is 9.70. The van der Waals surface area contributed by atoms with Crippen LogP contribution in [0.2, 0.25) is 0 Å². The lowest BCUT2D eigenvalue weighted by Crippen LogP contribution is -2.47. The molecule has 0 atom stereocenters. The van der Waals surface area contributed by atoms with Gasteiger partial charge < -0.3 is 10.6 Å². The molecule has 8 heteroatoms. The highest BCUT2D eigenvalue weighted by Gasteiger charge is 2.22. The Morgan fingerprint density at radius 2 is 1.88 bits per heavy atom. The highest BCUT2D eigenvalue weighted by atomic mass is 32.2. The summed E-state index contributed by atoms with van der Waals surface area (Å²) in [5, 5.41) is 5.84. The van der Waals surface area contributed by atoms with E-state index in [2.05, 4.69) is 15.5 Å². The summed E-state index contributed by atoms with van der Waals surface area (Å²) < 4.78 is 24.6. The molecule has 2 amide bonds. The lowest BCUT2D eigenvalue weighted by molar-refractivity contribution is -0.122. The number of halogens is 2. The van der Waals surface area contributed by atoms with Crippen molar-refractivity contribution < 1.29 is 18.4 Å². The van der Waals surface area contributed by atoms with Crippen LogP contribution in [0.4, 0.5) is 8.78 Å². The van der Waals surface area contributed by atoms with Crippen molar-refractivity contribution in [3.63, 3.8) is 0 Å². The number of carbonyl (C=O) groups excluding carboxylic acids is 2. The van der Waals surface area contributed by atoms with Crippen LogP contribution in [0.5, 0.6) is 0 Å². The summed E-state index contributed by atoms with van der Waals surface area (Å²) >= 11 is 0.461. The van der Waals surface area contributed by atoms with E-state index >= 15 is 0 Å².